The molecule has 1 amide bonds. The molecule has 1 aliphatic heterocycles. The molecule has 5 nitrogen and oxygen atoms in total. The van der Waals surface area contributed by atoms with Gasteiger partial charge in [-0.15, -0.1) is 0 Å². The van der Waals surface area contributed by atoms with Crippen molar-refractivity contribution in [2.24, 2.45) is 0 Å². The summed E-state index contributed by atoms with van der Waals surface area (Å²) >= 11 is 0. The minimum Gasteiger partial charge on any atom is -0.435 e. The van der Waals surface area contributed by atoms with Gasteiger partial charge in [0.1, 0.15) is 5.82 Å². The molecule has 1 aliphatic rings. The van der Waals surface area contributed by atoms with Gasteiger partial charge in [-0.1, -0.05) is 13.0 Å². The largest absolute Gasteiger partial charge is 0.510 e. The molecule has 0 radical (unpaired) electrons. The van der Waals surface area contributed by atoms with Crippen LogP contribution < -0.4 is 0 Å². The summed E-state index contributed by atoms with van der Waals surface area (Å²) in [5.74, 6) is -0.894. The molecule has 0 spiro atoms. The van der Waals surface area contributed by atoms with E-state index in [0.717, 1.165) is 5.56 Å². The van der Waals surface area contributed by atoms with Crippen LogP contribution in [0.2, 0.25) is 0 Å². The van der Waals surface area contributed by atoms with Gasteiger partial charge in [0.25, 0.3) is 0 Å². The molecule has 0 bridgehead atoms. The van der Waals surface area contributed by atoms with Crippen LogP contribution in [0.15, 0.2) is 18.3 Å². The molecule has 0 N–H and O–H groups in total. The Balaban J connectivity index is 2.50. The zero-order chi connectivity index (χ0) is 16.3. The molecule has 0 saturated carbocycles. The van der Waals surface area contributed by atoms with Crippen molar-refractivity contribution in [2.75, 3.05) is 6.61 Å². The lowest BCUT2D eigenvalue weighted by Crippen LogP contribution is -2.35. The van der Waals surface area contributed by atoms with Gasteiger partial charge in [-0.2, -0.15) is 0 Å². The molecular formula is C16H18FNO4. The number of fused-ring (bicyclic) bond motifs is 1. The highest BCUT2D eigenvalue weighted by molar-refractivity contribution is 5.78. The first-order valence-electron chi connectivity index (χ1n) is 7.11. The van der Waals surface area contributed by atoms with Crippen molar-refractivity contribution in [3.8, 4) is 0 Å². The summed E-state index contributed by atoms with van der Waals surface area (Å²) in [6, 6.07) is 3.00. The summed E-state index contributed by atoms with van der Waals surface area (Å²) in [5, 5.41) is 0. The molecule has 1 aromatic rings. The van der Waals surface area contributed by atoms with Crippen molar-refractivity contribution < 1.29 is 23.5 Å². The number of hydrogen-bond donors (Lipinski definition) is 0. The fraction of sp³-hybridized carbons (Fsp3) is 0.375. The predicted octanol–water partition coefficient (Wildman–Crippen LogP) is 3.39. The lowest BCUT2D eigenvalue weighted by atomic mass is 9.95. The molecule has 22 heavy (non-hydrogen) atoms. The van der Waals surface area contributed by atoms with Crippen molar-refractivity contribution in [3.63, 3.8) is 0 Å². The zero-order valence-corrected chi connectivity index (χ0v) is 12.8. The Labute approximate surface area is 128 Å². The topological polar surface area (TPSA) is 55.8 Å². The van der Waals surface area contributed by atoms with E-state index < -0.39 is 18.2 Å². The predicted molar refractivity (Wildman–Crippen MR) is 78.2 cm³/mol. The number of halogens is 1. The van der Waals surface area contributed by atoms with E-state index in [9.17, 15) is 14.0 Å². The zero-order valence-electron chi connectivity index (χ0n) is 12.8. The SMILES string of the molecule is CCOC(=O)OC1c2c(F)ccc(CC)c2C=CN1C(C)=O. The van der Waals surface area contributed by atoms with Gasteiger partial charge in [0.2, 0.25) is 12.1 Å². The lowest BCUT2D eigenvalue weighted by molar-refractivity contribution is -0.136. The molecule has 1 unspecified atom stereocenters. The number of carbonyl (C=O) groups excluding carboxylic acids is 2. The van der Waals surface area contributed by atoms with Gasteiger partial charge in [-0.25, -0.2) is 9.18 Å². The monoisotopic (exact) mass is 307 g/mol. The fourth-order valence-electron chi connectivity index (χ4n) is 2.41. The third kappa shape index (κ3) is 2.95. The maximum atomic E-state index is 14.3. The molecule has 6 heteroatoms. The summed E-state index contributed by atoms with van der Waals surface area (Å²) < 4.78 is 24.2. The highest BCUT2D eigenvalue weighted by atomic mass is 19.1. The van der Waals surface area contributed by atoms with E-state index in [0.29, 0.717) is 12.0 Å². The number of carbonyl (C=O) groups is 2. The lowest BCUT2D eigenvalue weighted by Gasteiger charge is -2.32. The highest BCUT2D eigenvalue weighted by Gasteiger charge is 2.33. The molecule has 1 atom stereocenters. The van der Waals surface area contributed by atoms with Crippen LogP contribution in [-0.4, -0.2) is 23.6 Å². The van der Waals surface area contributed by atoms with E-state index in [4.69, 9.17) is 9.47 Å². The Morgan fingerprint density at radius 1 is 1.32 bits per heavy atom. The van der Waals surface area contributed by atoms with Gasteiger partial charge in [0, 0.05) is 13.1 Å². The van der Waals surface area contributed by atoms with Crippen LogP contribution in [0.5, 0.6) is 0 Å². The molecule has 1 aromatic carbocycles. The Morgan fingerprint density at radius 3 is 2.64 bits per heavy atom. The minimum absolute atomic E-state index is 0.131. The number of hydrogen-bond acceptors (Lipinski definition) is 4. The number of nitrogens with zero attached hydrogens (tertiary/aromatic N) is 1. The highest BCUT2D eigenvalue weighted by Crippen LogP contribution is 2.35. The molecule has 118 valence electrons. The second kappa shape index (κ2) is 6.60. The number of benzene rings is 1. The molecule has 0 saturated heterocycles. The van der Waals surface area contributed by atoms with Gasteiger partial charge in [0.05, 0.1) is 12.2 Å². The fourth-order valence-corrected chi connectivity index (χ4v) is 2.41. The van der Waals surface area contributed by atoms with E-state index in [1.807, 2.05) is 6.92 Å². The standard InChI is InChI=1S/C16H18FNO4/c1-4-11-6-7-13(17)14-12(11)8-9-18(10(3)19)15(14)22-16(20)21-5-2/h6-9,15H,4-5H2,1-3H3. The Kier molecular flexibility index (Phi) is 4.80. The van der Waals surface area contributed by atoms with Gasteiger partial charge in [0.15, 0.2) is 0 Å². The van der Waals surface area contributed by atoms with E-state index in [1.54, 1.807) is 19.1 Å². The molecule has 0 fully saturated rings. The average Bonchev–Trinajstić information content (AvgIpc) is 2.47. The van der Waals surface area contributed by atoms with Crippen molar-refractivity contribution >= 4 is 18.1 Å². The number of aryl methyl sites for hydroxylation is 1. The molecular weight excluding hydrogens is 289 g/mol. The smallest absolute Gasteiger partial charge is 0.435 e. The number of ether oxygens (including phenoxy) is 2. The maximum Gasteiger partial charge on any atom is 0.510 e. The number of rotatable bonds is 3. The summed E-state index contributed by atoms with van der Waals surface area (Å²) in [5.41, 5.74) is 1.72. The van der Waals surface area contributed by atoms with Crippen molar-refractivity contribution in [3.05, 3.63) is 40.8 Å². The first kappa shape index (κ1) is 16.0. The first-order chi connectivity index (χ1) is 10.5. The Morgan fingerprint density at radius 2 is 2.05 bits per heavy atom. The Hall–Kier alpha value is -2.37. The van der Waals surface area contributed by atoms with Crippen LogP contribution in [0.4, 0.5) is 9.18 Å². The van der Waals surface area contributed by atoms with Gasteiger partial charge in [-0.3, -0.25) is 9.69 Å². The summed E-state index contributed by atoms with van der Waals surface area (Å²) in [4.78, 5) is 24.5. The summed E-state index contributed by atoms with van der Waals surface area (Å²) in [6.07, 6.45) is 1.74. The normalized spacial score (nSPS) is 16.2. The summed E-state index contributed by atoms with van der Waals surface area (Å²) in [7, 11) is 0. The molecule has 2 rings (SSSR count). The van der Waals surface area contributed by atoms with Crippen molar-refractivity contribution in [2.45, 2.75) is 33.4 Å². The van der Waals surface area contributed by atoms with Crippen molar-refractivity contribution in [1.82, 2.24) is 4.90 Å². The molecule has 1 heterocycles. The van der Waals surface area contributed by atoms with E-state index in [-0.39, 0.29) is 18.1 Å². The van der Waals surface area contributed by atoms with Crippen LogP contribution in [0, 0.1) is 5.82 Å². The quantitative estimate of drug-likeness (QED) is 0.803. The maximum absolute atomic E-state index is 14.3. The van der Waals surface area contributed by atoms with E-state index in [2.05, 4.69) is 0 Å². The first-order valence-corrected chi connectivity index (χ1v) is 7.11. The van der Waals surface area contributed by atoms with Gasteiger partial charge < -0.3 is 9.47 Å². The van der Waals surface area contributed by atoms with Gasteiger partial charge in [-0.05, 0) is 36.6 Å². The number of amides is 1. The van der Waals surface area contributed by atoms with Crippen molar-refractivity contribution in [1.29, 1.82) is 0 Å². The Bertz CT molecular complexity index is 627. The third-order valence-corrected chi connectivity index (χ3v) is 3.44. The van der Waals surface area contributed by atoms with Crippen LogP contribution in [0.25, 0.3) is 6.08 Å². The average molecular weight is 307 g/mol. The van der Waals surface area contributed by atoms with E-state index in [1.165, 1.54) is 24.1 Å². The van der Waals surface area contributed by atoms with Crippen LogP contribution in [0.3, 0.4) is 0 Å². The second-order valence-corrected chi connectivity index (χ2v) is 4.78. The van der Waals surface area contributed by atoms with Crippen LogP contribution in [-0.2, 0) is 20.7 Å². The summed E-state index contributed by atoms with van der Waals surface area (Å²) in [6.45, 7) is 5.03. The molecule has 0 aliphatic carbocycles. The molecule has 0 aromatic heterocycles. The van der Waals surface area contributed by atoms with Gasteiger partial charge >= 0.3 is 6.16 Å². The minimum atomic E-state index is -1.16. The van der Waals surface area contributed by atoms with E-state index >= 15 is 0 Å². The van der Waals surface area contributed by atoms with Crippen LogP contribution >= 0.6 is 0 Å². The van der Waals surface area contributed by atoms with Crippen LogP contribution in [0.1, 0.15) is 43.7 Å². The third-order valence-electron chi connectivity index (χ3n) is 3.44. The second-order valence-electron chi connectivity index (χ2n) is 4.78.